The Kier molecular flexibility index (Phi) is 7.24. The van der Waals surface area contributed by atoms with Crippen molar-refractivity contribution in [3.63, 3.8) is 0 Å². The Labute approximate surface area is 118 Å². The molecule has 17 heavy (non-hydrogen) atoms. The van der Waals surface area contributed by atoms with Gasteiger partial charge in [-0.1, -0.05) is 36.7 Å². The topological polar surface area (TPSA) is 12.0 Å². The van der Waals surface area contributed by atoms with Crippen molar-refractivity contribution >= 4 is 27.7 Å². The number of thioether (sulfide) groups is 1. The van der Waals surface area contributed by atoms with Crippen molar-refractivity contribution in [1.29, 1.82) is 0 Å². The molecule has 0 amide bonds. The minimum absolute atomic E-state index is 0.703. The normalized spacial score (nSPS) is 11.1. The molecule has 1 aromatic carbocycles. The van der Waals surface area contributed by atoms with Gasteiger partial charge < -0.3 is 5.32 Å². The van der Waals surface area contributed by atoms with Gasteiger partial charge in [0.05, 0.1) is 0 Å². The van der Waals surface area contributed by atoms with E-state index in [1.807, 2.05) is 11.8 Å². The average Bonchev–Trinajstić information content (AvgIpc) is 2.27. The van der Waals surface area contributed by atoms with Crippen LogP contribution in [0.3, 0.4) is 0 Å². The first-order chi connectivity index (χ1) is 8.13. The van der Waals surface area contributed by atoms with E-state index in [9.17, 15) is 0 Å². The van der Waals surface area contributed by atoms with Crippen molar-refractivity contribution in [3.05, 3.63) is 28.2 Å². The van der Waals surface area contributed by atoms with E-state index in [2.05, 4.69) is 60.2 Å². The Morgan fingerprint density at radius 2 is 2.12 bits per heavy atom. The predicted octanol–water partition coefficient (Wildman–Crippen LogP) is 4.70. The summed E-state index contributed by atoms with van der Waals surface area (Å²) in [7, 11) is 0. The highest BCUT2D eigenvalue weighted by Crippen LogP contribution is 2.26. The molecule has 0 unspecified atom stereocenters. The van der Waals surface area contributed by atoms with Gasteiger partial charge in [0.1, 0.15) is 0 Å². The van der Waals surface area contributed by atoms with Crippen LogP contribution < -0.4 is 5.32 Å². The quantitative estimate of drug-likeness (QED) is 0.732. The summed E-state index contributed by atoms with van der Waals surface area (Å²) in [6.07, 6.45) is 1.22. The van der Waals surface area contributed by atoms with Crippen molar-refractivity contribution < 1.29 is 0 Å². The summed E-state index contributed by atoms with van der Waals surface area (Å²) in [5.41, 5.74) is 1.40. The highest BCUT2D eigenvalue weighted by atomic mass is 79.9. The van der Waals surface area contributed by atoms with Crippen LogP contribution >= 0.6 is 27.7 Å². The minimum Gasteiger partial charge on any atom is -0.312 e. The van der Waals surface area contributed by atoms with Gasteiger partial charge in [-0.05, 0) is 48.4 Å². The molecule has 96 valence electrons. The van der Waals surface area contributed by atoms with Crippen molar-refractivity contribution in [2.24, 2.45) is 5.92 Å². The van der Waals surface area contributed by atoms with Crippen LogP contribution in [-0.2, 0) is 6.54 Å². The van der Waals surface area contributed by atoms with Crippen molar-refractivity contribution in [1.82, 2.24) is 5.32 Å². The van der Waals surface area contributed by atoms with Crippen molar-refractivity contribution in [2.45, 2.75) is 38.6 Å². The zero-order valence-corrected chi connectivity index (χ0v) is 13.3. The average molecular weight is 316 g/mol. The van der Waals surface area contributed by atoms with E-state index in [4.69, 9.17) is 0 Å². The summed E-state index contributed by atoms with van der Waals surface area (Å²) in [4.78, 5) is 1.41. The second-order valence-electron chi connectivity index (χ2n) is 4.63. The summed E-state index contributed by atoms with van der Waals surface area (Å²) in [5.74, 6) is 1.90. The van der Waals surface area contributed by atoms with E-state index >= 15 is 0 Å². The second-order valence-corrected chi connectivity index (χ2v) is 6.68. The van der Waals surface area contributed by atoms with E-state index in [-0.39, 0.29) is 0 Å². The smallest absolute Gasteiger partial charge is 0.0217 e. The Morgan fingerprint density at radius 3 is 2.76 bits per heavy atom. The first kappa shape index (κ1) is 15.1. The number of nitrogens with one attached hydrogen (secondary N) is 1. The molecule has 1 N–H and O–H groups in total. The molecule has 0 aromatic heterocycles. The third kappa shape index (κ3) is 5.94. The van der Waals surface area contributed by atoms with Gasteiger partial charge in [0.15, 0.2) is 0 Å². The SMILES string of the molecule is CCCSc1ccc(Br)cc1CNCC(C)C. The maximum absolute atomic E-state index is 3.55. The Balaban J connectivity index is 2.62. The number of rotatable bonds is 7. The molecule has 0 atom stereocenters. The van der Waals surface area contributed by atoms with Crippen LogP contribution in [0.5, 0.6) is 0 Å². The molecule has 0 fully saturated rings. The van der Waals surface area contributed by atoms with Gasteiger partial charge in [-0.2, -0.15) is 0 Å². The van der Waals surface area contributed by atoms with Gasteiger partial charge in [0, 0.05) is 15.9 Å². The summed E-state index contributed by atoms with van der Waals surface area (Å²) in [5, 5.41) is 3.51. The largest absolute Gasteiger partial charge is 0.312 e. The molecule has 0 radical (unpaired) electrons. The molecule has 0 saturated heterocycles. The lowest BCUT2D eigenvalue weighted by Crippen LogP contribution is -2.19. The molecule has 0 saturated carbocycles. The third-order valence-corrected chi connectivity index (χ3v) is 4.17. The van der Waals surface area contributed by atoms with Crippen LogP contribution in [0, 0.1) is 5.92 Å². The molecule has 0 aliphatic rings. The van der Waals surface area contributed by atoms with Crippen LogP contribution in [0.1, 0.15) is 32.8 Å². The van der Waals surface area contributed by atoms with Crippen LogP contribution in [0.25, 0.3) is 0 Å². The molecule has 0 heterocycles. The van der Waals surface area contributed by atoms with E-state index in [1.165, 1.54) is 27.1 Å². The maximum Gasteiger partial charge on any atom is 0.0217 e. The summed E-state index contributed by atoms with van der Waals surface area (Å²) < 4.78 is 1.17. The molecule has 3 heteroatoms. The zero-order valence-electron chi connectivity index (χ0n) is 10.9. The van der Waals surface area contributed by atoms with Crippen molar-refractivity contribution in [2.75, 3.05) is 12.3 Å². The van der Waals surface area contributed by atoms with Gasteiger partial charge in [0.2, 0.25) is 0 Å². The van der Waals surface area contributed by atoms with Crippen LogP contribution in [0.15, 0.2) is 27.6 Å². The fraction of sp³-hybridized carbons (Fsp3) is 0.571. The zero-order chi connectivity index (χ0) is 12.7. The molecule has 1 rings (SSSR count). The molecule has 0 aliphatic heterocycles. The predicted molar refractivity (Wildman–Crippen MR) is 81.7 cm³/mol. The highest BCUT2D eigenvalue weighted by Gasteiger charge is 2.04. The summed E-state index contributed by atoms with van der Waals surface area (Å²) in [6.45, 7) is 8.73. The minimum atomic E-state index is 0.703. The van der Waals surface area contributed by atoms with Gasteiger partial charge in [-0.15, -0.1) is 11.8 Å². The number of hydrogen-bond donors (Lipinski definition) is 1. The molecule has 1 nitrogen and oxygen atoms in total. The first-order valence-electron chi connectivity index (χ1n) is 6.25. The van der Waals surface area contributed by atoms with Crippen LogP contribution in [-0.4, -0.2) is 12.3 Å². The Morgan fingerprint density at radius 1 is 1.35 bits per heavy atom. The number of benzene rings is 1. The van der Waals surface area contributed by atoms with E-state index in [0.717, 1.165) is 13.1 Å². The Hall–Kier alpha value is 0.01000. The van der Waals surface area contributed by atoms with E-state index in [0.29, 0.717) is 5.92 Å². The van der Waals surface area contributed by atoms with E-state index < -0.39 is 0 Å². The number of hydrogen-bond acceptors (Lipinski definition) is 2. The van der Waals surface area contributed by atoms with Crippen molar-refractivity contribution in [3.8, 4) is 0 Å². The van der Waals surface area contributed by atoms with Crippen LogP contribution in [0.2, 0.25) is 0 Å². The molecular formula is C14H22BrNS. The van der Waals surface area contributed by atoms with Gasteiger partial charge >= 0.3 is 0 Å². The second kappa shape index (κ2) is 8.17. The lowest BCUT2D eigenvalue weighted by Gasteiger charge is -2.12. The van der Waals surface area contributed by atoms with E-state index in [1.54, 1.807) is 0 Å². The highest BCUT2D eigenvalue weighted by molar-refractivity contribution is 9.10. The fourth-order valence-corrected chi connectivity index (χ4v) is 2.85. The first-order valence-corrected chi connectivity index (χ1v) is 8.03. The van der Waals surface area contributed by atoms with Gasteiger partial charge in [0.25, 0.3) is 0 Å². The lowest BCUT2D eigenvalue weighted by atomic mass is 10.2. The standard InChI is InChI=1S/C14H22BrNS/c1-4-7-17-14-6-5-13(15)8-12(14)10-16-9-11(2)3/h5-6,8,11,16H,4,7,9-10H2,1-3H3. The summed E-state index contributed by atoms with van der Waals surface area (Å²) >= 11 is 5.50. The summed E-state index contributed by atoms with van der Waals surface area (Å²) in [6, 6.07) is 6.58. The molecular weight excluding hydrogens is 294 g/mol. The van der Waals surface area contributed by atoms with Gasteiger partial charge in [-0.25, -0.2) is 0 Å². The van der Waals surface area contributed by atoms with Gasteiger partial charge in [-0.3, -0.25) is 0 Å². The van der Waals surface area contributed by atoms with Crippen LogP contribution in [0.4, 0.5) is 0 Å². The molecule has 0 aliphatic carbocycles. The Bertz CT molecular complexity index is 339. The molecule has 1 aromatic rings. The maximum atomic E-state index is 3.55. The molecule has 0 spiro atoms. The third-order valence-electron chi connectivity index (χ3n) is 2.35. The fourth-order valence-electron chi connectivity index (χ4n) is 1.53. The molecule has 0 bridgehead atoms. The number of halogens is 1. The lowest BCUT2D eigenvalue weighted by molar-refractivity contribution is 0.550. The monoisotopic (exact) mass is 315 g/mol.